The first-order chi connectivity index (χ1) is 18.4. The van der Waals surface area contributed by atoms with E-state index >= 15 is 0 Å². The lowest BCUT2D eigenvalue weighted by Gasteiger charge is -2.21. The van der Waals surface area contributed by atoms with Crippen LogP contribution in [0.15, 0.2) is 63.2 Å². The minimum atomic E-state index is -0.408. The summed E-state index contributed by atoms with van der Waals surface area (Å²) in [6, 6.07) is 15.4. The Morgan fingerprint density at radius 2 is 1.38 bits per heavy atom. The van der Waals surface area contributed by atoms with Crippen LogP contribution in [-0.2, 0) is 9.47 Å². The van der Waals surface area contributed by atoms with Gasteiger partial charge in [-0.05, 0) is 62.4 Å². The van der Waals surface area contributed by atoms with Gasteiger partial charge in [0.05, 0.1) is 37.0 Å². The first-order valence-electron chi connectivity index (χ1n) is 12.3. The maximum atomic E-state index is 11.7. The number of amides is 2. The van der Waals surface area contributed by atoms with Crippen molar-refractivity contribution in [2.75, 3.05) is 58.4 Å². The lowest BCUT2D eigenvalue weighted by Crippen LogP contribution is -2.33. The summed E-state index contributed by atoms with van der Waals surface area (Å²) in [6.07, 6.45) is -0.198. The molecule has 0 unspecified atom stereocenters. The predicted molar refractivity (Wildman–Crippen MR) is 155 cm³/mol. The topological polar surface area (TPSA) is 99.5 Å². The summed E-state index contributed by atoms with van der Waals surface area (Å²) >= 11 is 3.41. The van der Waals surface area contributed by atoms with E-state index in [0.717, 1.165) is 21.6 Å². The molecule has 2 aliphatic heterocycles. The maximum Gasteiger partial charge on any atom is 0.415 e. The monoisotopic (exact) mass is 602 g/mol. The third kappa shape index (κ3) is 8.09. The van der Waals surface area contributed by atoms with Gasteiger partial charge in [0.1, 0.15) is 5.75 Å². The van der Waals surface area contributed by atoms with Crippen molar-refractivity contribution < 1.29 is 23.8 Å². The molecule has 0 saturated carbocycles. The predicted octanol–water partition coefficient (Wildman–Crippen LogP) is 5.22. The zero-order valence-corrected chi connectivity index (χ0v) is 24.9. The summed E-state index contributed by atoms with van der Waals surface area (Å²) in [7, 11) is 8.20. The molecule has 2 aromatic rings. The van der Waals surface area contributed by atoms with Crippen LogP contribution in [0.1, 0.15) is 20.3 Å². The summed E-state index contributed by atoms with van der Waals surface area (Å²) in [6.45, 7) is 5.38. The Morgan fingerprint density at radius 1 is 0.846 bits per heavy atom. The molecule has 0 saturated heterocycles. The largest absolute Gasteiger partial charge is 0.497 e. The number of nitrogens with zero attached hydrogens (tertiary/aromatic N) is 6. The van der Waals surface area contributed by atoms with E-state index in [1.807, 2.05) is 67.4 Å². The minimum absolute atomic E-state index is 0.307. The highest BCUT2D eigenvalue weighted by Crippen LogP contribution is 2.32. The van der Waals surface area contributed by atoms with Crippen molar-refractivity contribution >= 4 is 51.3 Å². The summed E-state index contributed by atoms with van der Waals surface area (Å²) in [5.74, 6) is 1.68. The molecule has 0 spiro atoms. The molecule has 39 heavy (non-hydrogen) atoms. The molecule has 210 valence electrons. The molecule has 12 heteroatoms. The Morgan fingerprint density at radius 3 is 1.95 bits per heavy atom. The zero-order chi connectivity index (χ0) is 28.7. The van der Waals surface area contributed by atoms with Gasteiger partial charge in [0.2, 0.25) is 11.8 Å². The van der Waals surface area contributed by atoms with Crippen molar-refractivity contribution in [3.63, 3.8) is 0 Å². The maximum absolute atomic E-state index is 11.7. The summed E-state index contributed by atoms with van der Waals surface area (Å²) in [4.78, 5) is 25.8. The van der Waals surface area contributed by atoms with E-state index in [-0.39, 0.29) is 5.41 Å². The average Bonchev–Trinajstić information content (AvgIpc) is 3.48. The minimum Gasteiger partial charge on any atom is -0.497 e. The summed E-state index contributed by atoms with van der Waals surface area (Å²) in [5, 5.41) is 12.4. The second kappa shape index (κ2) is 12.8. The van der Waals surface area contributed by atoms with Gasteiger partial charge >= 0.3 is 12.2 Å². The van der Waals surface area contributed by atoms with Gasteiger partial charge in [-0.25, -0.2) is 9.59 Å². The normalized spacial score (nSPS) is 15.5. The zero-order valence-electron chi connectivity index (χ0n) is 23.3. The molecule has 0 fully saturated rings. The van der Waals surface area contributed by atoms with Gasteiger partial charge in [-0.15, -0.1) is 10.2 Å². The molecule has 0 N–H and O–H groups in total. The highest BCUT2D eigenvalue weighted by molar-refractivity contribution is 9.10. The molecule has 2 amide bonds. The molecule has 0 aromatic heterocycles. The fourth-order valence-corrected chi connectivity index (χ4v) is 3.72. The number of carbonyl (C=O) groups is 2. The third-order valence-corrected chi connectivity index (χ3v) is 6.25. The first-order valence-corrected chi connectivity index (χ1v) is 13.1. The summed E-state index contributed by atoms with van der Waals surface area (Å²) < 4.78 is 16.6. The van der Waals surface area contributed by atoms with Gasteiger partial charge in [-0.2, -0.15) is 0 Å². The van der Waals surface area contributed by atoms with Crippen LogP contribution in [-0.4, -0.2) is 82.2 Å². The lowest BCUT2D eigenvalue weighted by atomic mass is 9.94. The number of hydrogen-bond donors (Lipinski definition) is 0. The van der Waals surface area contributed by atoms with Crippen LogP contribution < -0.4 is 14.8 Å². The molecular formula is C27H35BrN6O5. The number of halogens is 1. The molecule has 2 aromatic carbocycles. The third-order valence-electron chi connectivity index (χ3n) is 5.72. The van der Waals surface area contributed by atoms with Gasteiger partial charge in [0, 0.05) is 39.1 Å². The van der Waals surface area contributed by atoms with Gasteiger partial charge < -0.3 is 24.0 Å². The molecule has 0 bridgehead atoms. The van der Waals surface area contributed by atoms with Crippen LogP contribution >= 0.6 is 15.9 Å². The van der Waals surface area contributed by atoms with Crippen molar-refractivity contribution in [3.05, 3.63) is 53.0 Å². The molecule has 0 radical (unpaired) electrons. The molecule has 0 atom stereocenters. The van der Waals surface area contributed by atoms with Crippen LogP contribution in [0.5, 0.6) is 5.75 Å². The number of ether oxygens (including phenoxy) is 3. The number of rotatable bonds is 3. The van der Waals surface area contributed by atoms with Crippen molar-refractivity contribution in [2.24, 2.45) is 15.6 Å². The molecular weight excluding hydrogens is 568 g/mol. The number of benzene rings is 2. The standard InChI is InChI=1S/C14H18BrN3O2.C13H17N3O3/c1-14(2)9-18(11-7-5-10(15)6-8-11)16-12(14)20-13(19)17(3)4;1-15(2)13(17)19-12-8-9-16(14-12)10-4-6-11(18-3)7-5-10/h5-8H,9H2,1-4H3;4-7H,8-9H2,1-3H3. The van der Waals surface area contributed by atoms with Crippen LogP contribution in [0, 0.1) is 5.41 Å². The van der Waals surface area contributed by atoms with E-state index in [1.54, 1.807) is 40.3 Å². The number of methoxy groups -OCH3 is 1. The number of anilines is 2. The van der Waals surface area contributed by atoms with E-state index in [2.05, 4.69) is 26.1 Å². The van der Waals surface area contributed by atoms with E-state index in [4.69, 9.17) is 14.2 Å². The van der Waals surface area contributed by atoms with Crippen molar-refractivity contribution in [1.82, 2.24) is 9.80 Å². The lowest BCUT2D eigenvalue weighted by molar-refractivity contribution is 0.162. The molecule has 0 aliphatic carbocycles. The Hall–Kier alpha value is -3.80. The van der Waals surface area contributed by atoms with Crippen LogP contribution in [0.25, 0.3) is 0 Å². The van der Waals surface area contributed by atoms with Crippen LogP contribution in [0.2, 0.25) is 0 Å². The molecule has 4 rings (SSSR count). The Bertz CT molecular complexity index is 1210. The van der Waals surface area contributed by atoms with Gasteiger partial charge in [-0.3, -0.25) is 10.0 Å². The number of hydrogen-bond acceptors (Lipinski definition) is 9. The number of hydrazone groups is 2. The Kier molecular flexibility index (Phi) is 9.79. The van der Waals surface area contributed by atoms with Crippen LogP contribution in [0.3, 0.4) is 0 Å². The quantitative estimate of drug-likeness (QED) is 0.474. The van der Waals surface area contributed by atoms with Crippen molar-refractivity contribution in [3.8, 4) is 5.75 Å². The second-order valence-electron chi connectivity index (χ2n) is 9.91. The second-order valence-corrected chi connectivity index (χ2v) is 10.8. The van der Waals surface area contributed by atoms with E-state index in [1.165, 1.54) is 9.80 Å². The first kappa shape index (κ1) is 29.8. The van der Waals surface area contributed by atoms with Crippen molar-refractivity contribution in [1.29, 1.82) is 0 Å². The molecule has 11 nitrogen and oxygen atoms in total. The molecule has 2 heterocycles. The van der Waals surface area contributed by atoms with E-state index in [9.17, 15) is 9.59 Å². The van der Waals surface area contributed by atoms with Gasteiger partial charge in [-0.1, -0.05) is 15.9 Å². The summed E-state index contributed by atoms with van der Waals surface area (Å²) in [5.41, 5.74) is 1.60. The Balaban J connectivity index is 0.000000216. The average molecular weight is 604 g/mol. The Labute approximate surface area is 237 Å². The van der Waals surface area contributed by atoms with Gasteiger partial charge in [0.25, 0.3) is 0 Å². The fraction of sp³-hybridized carbons (Fsp3) is 0.407. The van der Waals surface area contributed by atoms with Crippen LogP contribution in [0.4, 0.5) is 21.0 Å². The highest BCUT2D eigenvalue weighted by Gasteiger charge is 2.38. The van der Waals surface area contributed by atoms with E-state index < -0.39 is 12.2 Å². The van der Waals surface area contributed by atoms with Gasteiger partial charge in [0.15, 0.2) is 0 Å². The van der Waals surface area contributed by atoms with Crippen molar-refractivity contribution in [2.45, 2.75) is 20.3 Å². The van der Waals surface area contributed by atoms with E-state index in [0.29, 0.717) is 31.3 Å². The SMILES string of the molecule is CN(C)C(=O)OC1=NN(c2ccc(Br)cc2)CC1(C)C.COc1ccc(N2CCC(OC(=O)N(C)C)=N2)cc1. The number of carbonyl (C=O) groups excluding carboxylic acids is 2. The smallest absolute Gasteiger partial charge is 0.415 e. The fourth-order valence-electron chi connectivity index (χ4n) is 3.46. The molecule has 2 aliphatic rings. The highest BCUT2D eigenvalue weighted by atomic mass is 79.9.